The Balaban J connectivity index is 3.25. The topological polar surface area (TPSA) is 66.7 Å². The van der Waals surface area contributed by atoms with Gasteiger partial charge in [0.1, 0.15) is 11.4 Å². The van der Waals surface area contributed by atoms with Crippen LogP contribution in [0.25, 0.3) is 0 Å². The molecule has 4 heteroatoms. The van der Waals surface area contributed by atoms with Crippen LogP contribution in [-0.2, 0) is 0 Å². The van der Waals surface area contributed by atoms with Crippen LogP contribution >= 0.6 is 0 Å². The normalized spacial score (nSPS) is 9.42. The van der Waals surface area contributed by atoms with Gasteiger partial charge in [0.25, 0.3) is 0 Å². The molecule has 1 aromatic rings. The van der Waals surface area contributed by atoms with E-state index in [0.717, 1.165) is 0 Å². The zero-order chi connectivity index (χ0) is 9.14. The minimum Gasteiger partial charge on any atom is -0.507 e. The molecule has 12 heavy (non-hydrogen) atoms. The fourth-order valence-corrected chi connectivity index (χ4v) is 0.863. The summed E-state index contributed by atoms with van der Waals surface area (Å²) < 4.78 is 0. The molecule has 1 N–H and O–H groups in total. The molecule has 62 valence electrons. The maximum Gasteiger partial charge on any atom is 0.163 e. The van der Waals surface area contributed by atoms with E-state index in [-0.39, 0.29) is 22.8 Å². The van der Waals surface area contributed by atoms with Crippen LogP contribution < -0.4 is 0 Å². The molecule has 0 heterocycles. The van der Waals surface area contributed by atoms with Crippen LogP contribution in [0.5, 0.6) is 5.75 Å². The Morgan fingerprint density at radius 3 is 2.67 bits per heavy atom. The molecule has 0 radical (unpaired) electrons. The Bertz CT molecular complexity index is 333. The summed E-state index contributed by atoms with van der Waals surface area (Å²) in [6, 6.07) is 3.87. The number of carbonyl (C=O) groups excluding carboxylic acids is 1. The zero-order valence-corrected chi connectivity index (χ0v) is 6.44. The number of benzene rings is 1. The number of nitrogens with zero attached hydrogens (tertiary/aromatic N) is 1. The molecule has 4 nitrogen and oxygen atoms in total. The van der Waals surface area contributed by atoms with Gasteiger partial charge < -0.3 is 5.11 Å². The maximum atomic E-state index is 10.8. The van der Waals surface area contributed by atoms with E-state index in [2.05, 4.69) is 5.18 Å². The van der Waals surface area contributed by atoms with Crippen LogP contribution in [-0.4, -0.2) is 10.9 Å². The molecule has 0 saturated heterocycles. The lowest BCUT2D eigenvalue weighted by molar-refractivity contribution is 0.101. The van der Waals surface area contributed by atoms with Crippen LogP contribution in [0.15, 0.2) is 23.4 Å². The first-order valence-electron chi connectivity index (χ1n) is 3.32. The van der Waals surface area contributed by atoms with E-state index in [4.69, 9.17) is 5.11 Å². The van der Waals surface area contributed by atoms with Crippen molar-refractivity contribution in [2.24, 2.45) is 5.18 Å². The summed E-state index contributed by atoms with van der Waals surface area (Å²) in [6.45, 7) is 1.31. The van der Waals surface area contributed by atoms with Gasteiger partial charge in [0.05, 0.1) is 5.56 Å². The van der Waals surface area contributed by atoms with Crippen LogP contribution in [0.3, 0.4) is 0 Å². The average Bonchev–Trinajstić information content (AvgIpc) is 2.05. The molecule has 1 aromatic carbocycles. The molecule has 0 amide bonds. The molecule has 0 aliphatic rings. The van der Waals surface area contributed by atoms with E-state index in [1.807, 2.05) is 0 Å². The summed E-state index contributed by atoms with van der Waals surface area (Å²) in [7, 11) is 0. The van der Waals surface area contributed by atoms with E-state index in [1.54, 1.807) is 0 Å². The fraction of sp³-hybridized carbons (Fsp3) is 0.125. The van der Waals surface area contributed by atoms with Crippen molar-refractivity contribution in [3.05, 3.63) is 28.7 Å². The standard InChI is InChI=1S/C8H7NO3/c1-5(10)7-4-6(9-12)2-3-8(7)11/h2-4,11H,1H3. The van der Waals surface area contributed by atoms with Crippen molar-refractivity contribution >= 4 is 11.5 Å². The van der Waals surface area contributed by atoms with E-state index >= 15 is 0 Å². The van der Waals surface area contributed by atoms with Crippen LogP contribution in [0.2, 0.25) is 0 Å². The molecule has 0 spiro atoms. The lowest BCUT2D eigenvalue weighted by Crippen LogP contribution is -1.91. The molecule has 0 unspecified atom stereocenters. The van der Waals surface area contributed by atoms with Gasteiger partial charge in [-0.3, -0.25) is 4.79 Å². The zero-order valence-electron chi connectivity index (χ0n) is 6.44. The second-order valence-electron chi connectivity index (χ2n) is 2.35. The highest BCUT2D eigenvalue weighted by atomic mass is 16.3. The number of ketones is 1. The van der Waals surface area contributed by atoms with Gasteiger partial charge in [-0.15, -0.1) is 4.91 Å². The number of rotatable bonds is 2. The van der Waals surface area contributed by atoms with Gasteiger partial charge in [-0.05, 0) is 30.3 Å². The number of Topliss-reactive ketones (excluding diaryl/α,β-unsaturated/α-hetero) is 1. The van der Waals surface area contributed by atoms with Crippen LogP contribution in [0.1, 0.15) is 17.3 Å². The summed E-state index contributed by atoms with van der Waals surface area (Å²) in [5, 5.41) is 11.8. The third kappa shape index (κ3) is 1.47. The molecule has 0 fully saturated rings. The van der Waals surface area contributed by atoms with Gasteiger partial charge in [-0.1, -0.05) is 0 Å². The smallest absolute Gasteiger partial charge is 0.163 e. The number of phenols is 1. The highest BCUT2D eigenvalue weighted by Crippen LogP contribution is 2.23. The Morgan fingerprint density at radius 2 is 2.17 bits per heavy atom. The average molecular weight is 165 g/mol. The van der Waals surface area contributed by atoms with E-state index in [1.165, 1.54) is 25.1 Å². The number of hydrogen-bond acceptors (Lipinski definition) is 4. The molecule has 0 saturated carbocycles. The summed E-state index contributed by atoms with van der Waals surface area (Å²) >= 11 is 0. The number of carbonyl (C=O) groups is 1. The van der Waals surface area contributed by atoms with Crippen molar-refractivity contribution in [3.8, 4) is 5.75 Å². The van der Waals surface area contributed by atoms with Crippen LogP contribution in [0.4, 0.5) is 5.69 Å². The van der Waals surface area contributed by atoms with Crippen LogP contribution in [0, 0.1) is 4.91 Å². The van der Waals surface area contributed by atoms with Crippen molar-refractivity contribution in [1.82, 2.24) is 0 Å². The molecule has 0 aromatic heterocycles. The molecule has 0 bridgehead atoms. The predicted molar refractivity (Wildman–Crippen MR) is 43.6 cm³/mol. The quantitative estimate of drug-likeness (QED) is 0.538. The van der Waals surface area contributed by atoms with E-state index in [0.29, 0.717) is 0 Å². The first kappa shape index (κ1) is 8.39. The number of hydrogen-bond donors (Lipinski definition) is 1. The Labute approximate surface area is 68.8 Å². The van der Waals surface area contributed by atoms with Gasteiger partial charge >= 0.3 is 0 Å². The second-order valence-corrected chi connectivity index (χ2v) is 2.35. The Morgan fingerprint density at radius 1 is 1.50 bits per heavy atom. The van der Waals surface area contributed by atoms with Gasteiger partial charge in [0.2, 0.25) is 0 Å². The van der Waals surface area contributed by atoms with Crippen molar-refractivity contribution in [3.63, 3.8) is 0 Å². The van der Waals surface area contributed by atoms with Crippen molar-refractivity contribution in [1.29, 1.82) is 0 Å². The molecule has 0 aliphatic carbocycles. The fourth-order valence-electron chi connectivity index (χ4n) is 0.863. The van der Waals surface area contributed by atoms with Crippen molar-refractivity contribution < 1.29 is 9.90 Å². The van der Waals surface area contributed by atoms with Gasteiger partial charge in [0.15, 0.2) is 5.78 Å². The number of aromatic hydroxyl groups is 1. The second kappa shape index (κ2) is 3.13. The predicted octanol–water partition coefficient (Wildman–Crippen LogP) is 1.99. The van der Waals surface area contributed by atoms with Gasteiger partial charge in [-0.2, -0.15) is 0 Å². The van der Waals surface area contributed by atoms with Crippen molar-refractivity contribution in [2.45, 2.75) is 6.92 Å². The van der Waals surface area contributed by atoms with E-state index in [9.17, 15) is 9.70 Å². The lowest BCUT2D eigenvalue weighted by Gasteiger charge is -1.98. The molecule has 1 rings (SSSR count). The minimum absolute atomic E-state index is 0.118. The SMILES string of the molecule is CC(=O)c1cc(N=O)ccc1O. The first-order valence-corrected chi connectivity index (χ1v) is 3.32. The highest BCUT2D eigenvalue weighted by Gasteiger charge is 2.06. The summed E-state index contributed by atoms with van der Waals surface area (Å²) in [4.78, 5) is 20.9. The summed E-state index contributed by atoms with van der Waals surface area (Å²) in [5.41, 5.74) is 0.255. The highest BCUT2D eigenvalue weighted by molar-refractivity contribution is 5.97. The van der Waals surface area contributed by atoms with Gasteiger partial charge in [-0.25, -0.2) is 0 Å². The largest absolute Gasteiger partial charge is 0.507 e. The Kier molecular flexibility index (Phi) is 2.19. The number of nitroso groups, excluding NO2 is 1. The van der Waals surface area contributed by atoms with E-state index < -0.39 is 0 Å². The van der Waals surface area contributed by atoms with Gasteiger partial charge in [0, 0.05) is 0 Å². The Hall–Kier alpha value is -1.71. The third-order valence-corrected chi connectivity index (χ3v) is 1.46. The van der Waals surface area contributed by atoms with Crippen molar-refractivity contribution in [2.75, 3.05) is 0 Å². The summed E-state index contributed by atoms with van der Waals surface area (Å²) in [5.74, 6) is -0.423. The molecular weight excluding hydrogens is 158 g/mol. The minimum atomic E-state index is -0.294. The molecule has 0 atom stereocenters. The third-order valence-electron chi connectivity index (χ3n) is 1.46. The maximum absolute atomic E-state index is 10.8. The first-order chi connectivity index (χ1) is 5.65. The number of phenolic OH excluding ortho intramolecular Hbond substituents is 1. The monoisotopic (exact) mass is 165 g/mol. The summed E-state index contributed by atoms with van der Waals surface area (Å²) in [6.07, 6.45) is 0. The lowest BCUT2D eigenvalue weighted by atomic mass is 10.1. The molecular formula is C8H7NO3. The molecule has 0 aliphatic heterocycles.